The Kier molecular flexibility index (Phi) is 7.80. The number of hydrogen-bond donors (Lipinski definition) is 2. The van der Waals surface area contributed by atoms with Crippen LogP contribution in [0.2, 0.25) is 0 Å². The number of nitrogens with zero attached hydrogens (tertiary/aromatic N) is 7. The second-order valence-electron chi connectivity index (χ2n) is 10.5. The number of anilines is 3. The third-order valence-electron chi connectivity index (χ3n) is 6.69. The zero-order valence-corrected chi connectivity index (χ0v) is 22.9. The number of rotatable bonds is 8. The second-order valence-corrected chi connectivity index (χ2v) is 10.5. The third kappa shape index (κ3) is 6.32. The second kappa shape index (κ2) is 10.8. The zero-order valence-electron chi connectivity index (χ0n) is 22.9. The number of carbonyl (C=O) groups is 3. The molecular weight excluding hydrogens is 549 g/mol. The fourth-order valence-electron chi connectivity index (χ4n) is 4.55. The summed E-state index contributed by atoms with van der Waals surface area (Å²) in [5.74, 6) is -1.17. The van der Waals surface area contributed by atoms with Crippen molar-refractivity contribution < 1.29 is 37.1 Å². The van der Waals surface area contributed by atoms with Crippen LogP contribution in [0.5, 0.6) is 0 Å². The monoisotopic (exact) mass is 578 g/mol. The van der Waals surface area contributed by atoms with Crippen molar-refractivity contribution in [3.63, 3.8) is 0 Å². The molecule has 1 fully saturated rings. The van der Waals surface area contributed by atoms with Crippen LogP contribution < -0.4 is 15.1 Å². The summed E-state index contributed by atoms with van der Waals surface area (Å²) >= 11 is 0. The Hall–Kier alpha value is -4.47. The first-order valence-electron chi connectivity index (χ1n) is 12.4. The molecule has 1 aliphatic rings. The number of carbonyl (C=O) groups excluding carboxylic acids is 2. The maximum Gasteiger partial charge on any atom is 0.413 e. The molecule has 220 valence electrons. The van der Waals surface area contributed by atoms with E-state index in [0.29, 0.717) is 13.1 Å². The molecule has 3 aromatic heterocycles. The summed E-state index contributed by atoms with van der Waals surface area (Å²) < 4.78 is 45.4. The van der Waals surface area contributed by atoms with Gasteiger partial charge in [-0.15, -0.1) is 0 Å². The van der Waals surface area contributed by atoms with Crippen LogP contribution in [0, 0.1) is 11.3 Å². The minimum atomic E-state index is -4.79. The van der Waals surface area contributed by atoms with E-state index in [1.54, 1.807) is 18.1 Å². The Morgan fingerprint density at radius 2 is 2.00 bits per heavy atom. The van der Waals surface area contributed by atoms with E-state index in [1.807, 2.05) is 32.8 Å². The number of nitrogens with one attached hydrogen (secondary N) is 1. The molecule has 13 nitrogen and oxygen atoms in total. The van der Waals surface area contributed by atoms with Gasteiger partial charge in [0.25, 0.3) is 5.91 Å². The molecule has 2 N–H and O–H groups in total. The highest BCUT2D eigenvalue weighted by Crippen LogP contribution is 2.41. The molecular formula is C25H29F3N8O5. The number of amides is 3. The largest absolute Gasteiger partial charge is 0.465 e. The van der Waals surface area contributed by atoms with E-state index < -0.39 is 36.0 Å². The van der Waals surface area contributed by atoms with E-state index in [9.17, 15) is 32.7 Å². The summed E-state index contributed by atoms with van der Waals surface area (Å²) in [6.45, 7) is 3.08. The lowest BCUT2D eigenvalue weighted by Crippen LogP contribution is -2.38. The highest BCUT2D eigenvalue weighted by molar-refractivity contribution is 6.07. The van der Waals surface area contributed by atoms with Gasteiger partial charge in [-0.3, -0.25) is 24.1 Å². The SMILES string of the molecule is CN(C)CC1CN(c2nn(C)cc2NC(=O)c2coc(-c3ccnc(N(CC(F)(F)F)C(=O)O)c3)n2)C(=O)C1(C)C. The van der Waals surface area contributed by atoms with Gasteiger partial charge in [0, 0.05) is 43.2 Å². The number of aromatic nitrogens is 4. The van der Waals surface area contributed by atoms with Gasteiger partial charge in [0.1, 0.15) is 24.3 Å². The smallest absolute Gasteiger partial charge is 0.413 e. The van der Waals surface area contributed by atoms with Crippen LogP contribution in [0.1, 0.15) is 24.3 Å². The first-order chi connectivity index (χ1) is 19.1. The predicted octanol–water partition coefficient (Wildman–Crippen LogP) is 3.32. The van der Waals surface area contributed by atoms with Gasteiger partial charge in [-0.1, -0.05) is 13.8 Å². The van der Waals surface area contributed by atoms with Crippen LogP contribution >= 0.6 is 0 Å². The number of halogens is 3. The number of oxazole rings is 1. The molecule has 0 aromatic carbocycles. The van der Waals surface area contributed by atoms with Crippen LogP contribution in [-0.4, -0.2) is 87.6 Å². The van der Waals surface area contributed by atoms with Crippen LogP contribution in [0.15, 0.2) is 35.2 Å². The maximum absolute atomic E-state index is 13.3. The molecule has 1 unspecified atom stereocenters. The number of carboxylic acid groups (broad SMARTS) is 1. The van der Waals surface area contributed by atoms with Crippen LogP contribution in [0.25, 0.3) is 11.5 Å². The number of alkyl halides is 3. The van der Waals surface area contributed by atoms with Gasteiger partial charge in [0.2, 0.25) is 11.8 Å². The first kappa shape index (κ1) is 29.5. The quantitative estimate of drug-likeness (QED) is 0.410. The van der Waals surface area contributed by atoms with Gasteiger partial charge in [0.15, 0.2) is 11.5 Å². The maximum atomic E-state index is 13.3. The molecule has 1 saturated heterocycles. The average Bonchev–Trinajstić information content (AvgIpc) is 3.55. The van der Waals surface area contributed by atoms with E-state index >= 15 is 0 Å². The highest BCUT2D eigenvalue weighted by atomic mass is 19.4. The topological polar surface area (TPSA) is 150 Å². The number of aryl methyl sites for hydroxylation is 1. The van der Waals surface area contributed by atoms with E-state index in [0.717, 1.165) is 18.5 Å². The molecule has 41 heavy (non-hydrogen) atoms. The molecule has 0 spiro atoms. The van der Waals surface area contributed by atoms with Crippen molar-refractivity contribution in [2.24, 2.45) is 18.4 Å². The van der Waals surface area contributed by atoms with Crippen LogP contribution in [0.4, 0.5) is 35.3 Å². The fourth-order valence-corrected chi connectivity index (χ4v) is 4.55. The molecule has 3 aromatic rings. The Balaban J connectivity index is 1.55. The van der Waals surface area contributed by atoms with Crippen LogP contribution in [-0.2, 0) is 11.8 Å². The van der Waals surface area contributed by atoms with Gasteiger partial charge >= 0.3 is 12.3 Å². The van der Waals surface area contributed by atoms with E-state index in [-0.39, 0.29) is 45.4 Å². The molecule has 1 atom stereocenters. The van der Waals surface area contributed by atoms with Crippen LogP contribution in [0.3, 0.4) is 0 Å². The molecule has 0 saturated carbocycles. The molecule has 16 heteroatoms. The van der Waals surface area contributed by atoms with Gasteiger partial charge in [-0.05, 0) is 26.2 Å². The van der Waals surface area contributed by atoms with Gasteiger partial charge in [0.05, 0.1) is 6.20 Å². The van der Waals surface area contributed by atoms with Crippen molar-refractivity contribution in [2.75, 3.05) is 48.8 Å². The minimum Gasteiger partial charge on any atom is -0.465 e. The number of hydrogen-bond acceptors (Lipinski definition) is 8. The fraction of sp³-hybridized carbons (Fsp3) is 0.440. The van der Waals surface area contributed by atoms with Crippen molar-refractivity contribution >= 4 is 35.2 Å². The Labute approximate surface area is 232 Å². The predicted molar refractivity (Wildman–Crippen MR) is 140 cm³/mol. The Morgan fingerprint density at radius 1 is 1.29 bits per heavy atom. The van der Waals surface area contributed by atoms with Gasteiger partial charge in [-0.2, -0.15) is 18.3 Å². The normalized spacial score (nSPS) is 16.9. The summed E-state index contributed by atoms with van der Waals surface area (Å²) in [4.78, 5) is 49.2. The Bertz CT molecular complexity index is 1470. The highest BCUT2D eigenvalue weighted by Gasteiger charge is 2.49. The lowest BCUT2D eigenvalue weighted by Gasteiger charge is -2.25. The van der Waals surface area contributed by atoms with E-state index in [2.05, 4.69) is 20.4 Å². The van der Waals surface area contributed by atoms with Crippen molar-refractivity contribution in [1.82, 2.24) is 24.6 Å². The molecule has 0 aliphatic carbocycles. The van der Waals surface area contributed by atoms with Crippen molar-refractivity contribution in [3.8, 4) is 11.5 Å². The van der Waals surface area contributed by atoms with Crippen molar-refractivity contribution in [1.29, 1.82) is 0 Å². The molecule has 1 aliphatic heterocycles. The summed E-state index contributed by atoms with van der Waals surface area (Å²) in [6.07, 6.45) is -2.95. The minimum absolute atomic E-state index is 0.0205. The molecule has 3 amide bonds. The summed E-state index contributed by atoms with van der Waals surface area (Å²) in [5, 5.41) is 16.3. The van der Waals surface area contributed by atoms with Gasteiger partial charge in [-0.25, -0.2) is 14.8 Å². The van der Waals surface area contributed by atoms with E-state index in [4.69, 9.17) is 4.42 Å². The van der Waals surface area contributed by atoms with Crippen molar-refractivity contribution in [3.05, 3.63) is 36.5 Å². The molecule has 4 heterocycles. The number of pyridine rings is 1. The summed E-state index contributed by atoms with van der Waals surface area (Å²) in [5.41, 5.74) is -0.449. The van der Waals surface area contributed by atoms with Gasteiger partial charge < -0.3 is 19.7 Å². The third-order valence-corrected chi connectivity index (χ3v) is 6.69. The lowest BCUT2D eigenvalue weighted by atomic mass is 9.81. The summed E-state index contributed by atoms with van der Waals surface area (Å²) in [7, 11) is 5.51. The average molecular weight is 579 g/mol. The Morgan fingerprint density at radius 3 is 2.63 bits per heavy atom. The standard InChI is InChI=1S/C25H29F3N8O5/c1-24(2)15(9-33(3)4)10-35(22(24)38)19-16(11-34(5)32-19)30-20(37)17-12-41-21(31-17)14-6-7-29-18(8-14)36(23(39)40)13-25(26,27)28/h6-8,11-12,15H,9-10,13H2,1-5H3,(H,30,37)(H,39,40). The van der Waals surface area contributed by atoms with Crippen molar-refractivity contribution in [2.45, 2.75) is 20.0 Å². The molecule has 0 radical (unpaired) electrons. The first-order valence-corrected chi connectivity index (χ1v) is 12.4. The lowest BCUT2D eigenvalue weighted by molar-refractivity contribution is -0.125. The zero-order chi connectivity index (χ0) is 30.3. The summed E-state index contributed by atoms with van der Waals surface area (Å²) in [6, 6.07) is 2.40. The molecule has 0 bridgehead atoms. The van der Waals surface area contributed by atoms with E-state index in [1.165, 1.54) is 10.7 Å². The molecule has 4 rings (SSSR count).